The molecule has 10 heteroatoms. The third-order valence-corrected chi connectivity index (χ3v) is 4.36. The van der Waals surface area contributed by atoms with Crippen molar-refractivity contribution in [2.45, 2.75) is 57.2 Å². The SMILES string of the molecule is CC(=O)N[C@H]1[C@@H](Oc2ccc([N+](=O)[O-])cc2)O[C@H]2COC(C)(C)O[C@H]2[C@H]1O. The Labute approximate surface area is 155 Å². The first-order valence-electron chi connectivity index (χ1n) is 8.50. The average molecular weight is 382 g/mol. The third kappa shape index (κ3) is 4.35. The highest BCUT2D eigenvalue weighted by Crippen LogP contribution is 2.33. The van der Waals surface area contributed by atoms with Gasteiger partial charge in [-0.05, 0) is 26.0 Å². The highest BCUT2D eigenvalue weighted by molar-refractivity contribution is 5.73. The predicted octanol–water partition coefficient (Wildman–Crippen LogP) is 0.716. The number of benzene rings is 1. The molecule has 10 nitrogen and oxygen atoms in total. The first kappa shape index (κ1) is 19.5. The number of carbonyl (C=O) groups excluding carboxylic acids is 1. The maximum Gasteiger partial charge on any atom is 0.269 e. The van der Waals surface area contributed by atoms with Crippen LogP contribution in [0, 0.1) is 10.1 Å². The number of ether oxygens (including phenoxy) is 4. The lowest BCUT2D eigenvalue weighted by Gasteiger charge is -2.49. The van der Waals surface area contributed by atoms with E-state index in [1.807, 2.05) is 0 Å². The van der Waals surface area contributed by atoms with Gasteiger partial charge in [0.25, 0.3) is 5.69 Å². The van der Waals surface area contributed by atoms with Crippen molar-refractivity contribution in [3.63, 3.8) is 0 Å². The summed E-state index contributed by atoms with van der Waals surface area (Å²) in [7, 11) is 0. The molecule has 0 saturated carbocycles. The molecule has 5 atom stereocenters. The highest BCUT2D eigenvalue weighted by Gasteiger charge is 2.52. The van der Waals surface area contributed by atoms with Gasteiger partial charge in [0.05, 0.1) is 11.5 Å². The summed E-state index contributed by atoms with van der Waals surface area (Å²) in [6, 6.07) is 4.52. The molecule has 0 spiro atoms. The topological polar surface area (TPSA) is 129 Å². The molecule has 0 aromatic heterocycles. The van der Waals surface area contributed by atoms with Gasteiger partial charge < -0.3 is 29.4 Å². The smallest absolute Gasteiger partial charge is 0.269 e. The molecule has 1 amide bonds. The molecule has 2 heterocycles. The van der Waals surface area contributed by atoms with E-state index in [2.05, 4.69) is 5.32 Å². The summed E-state index contributed by atoms with van der Waals surface area (Å²) in [6.45, 7) is 4.95. The van der Waals surface area contributed by atoms with Crippen molar-refractivity contribution in [1.82, 2.24) is 5.32 Å². The zero-order valence-corrected chi connectivity index (χ0v) is 15.2. The first-order chi connectivity index (χ1) is 12.7. The van der Waals surface area contributed by atoms with Gasteiger partial charge >= 0.3 is 0 Å². The summed E-state index contributed by atoms with van der Waals surface area (Å²) in [5, 5.41) is 24.2. The monoisotopic (exact) mass is 382 g/mol. The number of fused-ring (bicyclic) bond motifs is 1. The van der Waals surface area contributed by atoms with Gasteiger partial charge in [0.2, 0.25) is 12.2 Å². The second-order valence-electron chi connectivity index (χ2n) is 6.92. The Morgan fingerprint density at radius 2 is 2.04 bits per heavy atom. The summed E-state index contributed by atoms with van der Waals surface area (Å²) < 4.78 is 22.9. The van der Waals surface area contributed by atoms with Crippen LogP contribution in [0.2, 0.25) is 0 Å². The Kier molecular flexibility index (Phi) is 5.33. The number of nitro benzene ring substituents is 1. The number of carbonyl (C=O) groups is 1. The minimum Gasteiger partial charge on any atom is -0.463 e. The van der Waals surface area contributed by atoms with Crippen LogP contribution in [-0.4, -0.2) is 59.0 Å². The Morgan fingerprint density at radius 3 is 2.63 bits per heavy atom. The Balaban J connectivity index is 1.79. The molecule has 2 aliphatic heterocycles. The number of hydrogen-bond acceptors (Lipinski definition) is 8. The summed E-state index contributed by atoms with van der Waals surface area (Å²) in [5.41, 5.74) is -0.0817. The van der Waals surface area contributed by atoms with Crippen molar-refractivity contribution in [2.75, 3.05) is 6.61 Å². The highest BCUT2D eigenvalue weighted by atomic mass is 16.8. The van der Waals surface area contributed by atoms with E-state index in [0.717, 1.165) is 0 Å². The van der Waals surface area contributed by atoms with Crippen LogP contribution in [0.4, 0.5) is 5.69 Å². The molecule has 0 radical (unpaired) electrons. The number of aliphatic hydroxyl groups excluding tert-OH is 1. The second kappa shape index (κ2) is 7.39. The molecule has 0 bridgehead atoms. The molecular formula is C17H22N2O8. The number of amides is 1. The van der Waals surface area contributed by atoms with Gasteiger partial charge in [0, 0.05) is 19.1 Å². The van der Waals surface area contributed by atoms with E-state index >= 15 is 0 Å². The Hall–Kier alpha value is -2.27. The minimum absolute atomic E-state index is 0.0817. The van der Waals surface area contributed by atoms with E-state index in [0.29, 0.717) is 5.75 Å². The fourth-order valence-corrected chi connectivity index (χ4v) is 3.11. The number of nitro groups is 1. The van der Waals surface area contributed by atoms with Crippen LogP contribution in [0.5, 0.6) is 5.75 Å². The van der Waals surface area contributed by atoms with Crippen LogP contribution >= 0.6 is 0 Å². The van der Waals surface area contributed by atoms with Crippen molar-refractivity contribution in [1.29, 1.82) is 0 Å². The van der Waals surface area contributed by atoms with E-state index < -0.39 is 41.4 Å². The minimum atomic E-state index is -1.10. The van der Waals surface area contributed by atoms with Crippen molar-refractivity contribution < 1.29 is 33.8 Å². The number of nitrogens with one attached hydrogen (secondary N) is 1. The van der Waals surface area contributed by atoms with Gasteiger partial charge in [-0.15, -0.1) is 0 Å². The average Bonchev–Trinajstić information content (AvgIpc) is 2.59. The molecule has 0 aliphatic carbocycles. The van der Waals surface area contributed by atoms with Crippen LogP contribution in [0.25, 0.3) is 0 Å². The number of rotatable bonds is 4. The van der Waals surface area contributed by atoms with Gasteiger partial charge in [-0.25, -0.2) is 0 Å². The van der Waals surface area contributed by atoms with Crippen LogP contribution in [0.15, 0.2) is 24.3 Å². The lowest BCUT2D eigenvalue weighted by molar-refractivity contribution is -0.384. The molecule has 27 heavy (non-hydrogen) atoms. The van der Waals surface area contributed by atoms with Gasteiger partial charge in [0.15, 0.2) is 5.79 Å². The molecule has 148 valence electrons. The molecular weight excluding hydrogens is 360 g/mol. The first-order valence-corrected chi connectivity index (χ1v) is 8.50. The van der Waals surface area contributed by atoms with Gasteiger partial charge in [0.1, 0.15) is 30.1 Å². The fourth-order valence-electron chi connectivity index (χ4n) is 3.11. The molecule has 1 aromatic carbocycles. The quantitative estimate of drug-likeness (QED) is 0.575. The molecule has 2 aliphatic rings. The van der Waals surface area contributed by atoms with E-state index in [4.69, 9.17) is 18.9 Å². The Morgan fingerprint density at radius 1 is 1.37 bits per heavy atom. The van der Waals surface area contributed by atoms with Crippen molar-refractivity contribution in [2.24, 2.45) is 0 Å². The lowest BCUT2D eigenvalue weighted by atomic mass is 9.95. The van der Waals surface area contributed by atoms with Crippen LogP contribution in [0.1, 0.15) is 20.8 Å². The summed E-state index contributed by atoms with van der Waals surface area (Å²) in [4.78, 5) is 21.8. The van der Waals surface area contributed by atoms with Gasteiger partial charge in [-0.2, -0.15) is 0 Å². The lowest BCUT2D eigenvalue weighted by Crippen LogP contribution is -2.69. The summed E-state index contributed by atoms with van der Waals surface area (Å²) >= 11 is 0. The zero-order chi connectivity index (χ0) is 19.8. The summed E-state index contributed by atoms with van der Waals surface area (Å²) in [5.74, 6) is -0.965. The molecule has 1 aromatic rings. The second-order valence-corrected chi connectivity index (χ2v) is 6.92. The van der Waals surface area contributed by atoms with E-state index in [-0.39, 0.29) is 18.2 Å². The fraction of sp³-hybridized carbons (Fsp3) is 0.588. The largest absolute Gasteiger partial charge is 0.463 e. The van der Waals surface area contributed by atoms with E-state index in [1.165, 1.54) is 31.2 Å². The molecule has 2 N–H and O–H groups in total. The standard InChI is InChI=1S/C17H22N2O8/c1-9(20)18-13-14(21)15-12(8-24-17(2,3)27-15)26-16(13)25-11-6-4-10(5-7-11)19(22)23/h4-7,12-16,21H,8H2,1-3H3,(H,18,20)/t12-,13+,14-,15+,16-/m0/s1. The molecule has 3 rings (SSSR count). The number of non-ortho nitro benzene ring substituents is 1. The molecule has 2 fully saturated rings. The Bertz CT molecular complexity index is 707. The summed E-state index contributed by atoms with van der Waals surface area (Å²) in [6.07, 6.45) is -3.43. The maximum absolute atomic E-state index is 11.6. The van der Waals surface area contributed by atoms with E-state index in [1.54, 1.807) is 13.8 Å². The maximum atomic E-state index is 11.6. The predicted molar refractivity (Wildman–Crippen MR) is 90.9 cm³/mol. The van der Waals surface area contributed by atoms with Gasteiger partial charge in [-0.3, -0.25) is 14.9 Å². The van der Waals surface area contributed by atoms with Crippen molar-refractivity contribution in [3.8, 4) is 5.75 Å². The number of aliphatic hydroxyl groups is 1. The number of nitrogens with zero attached hydrogens (tertiary/aromatic N) is 1. The van der Waals surface area contributed by atoms with Crippen LogP contribution in [0.3, 0.4) is 0 Å². The van der Waals surface area contributed by atoms with Gasteiger partial charge in [-0.1, -0.05) is 0 Å². The third-order valence-electron chi connectivity index (χ3n) is 4.36. The van der Waals surface area contributed by atoms with Crippen molar-refractivity contribution >= 4 is 11.6 Å². The number of hydrogen-bond donors (Lipinski definition) is 2. The van der Waals surface area contributed by atoms with Crippen molar-refractivity contribution in [3.05, 3.63) is 34.4 Å². The van der Waals surface area contributed by atoms with Crippen LogP contribution in [-0.2, 0) is 19.0 Å². The van der Waals surface area contributed by atoms with E-state index in [9.17, 15) is 20.0 Å². The molecule has 0 unspecified atom stereocenters. The molecule has 2 saturated heterocycles. The van der Waals surface area contributed by atoms with Crippen LogP contribution < -0.4 is 10.1 Å². The normalized spacial score (nSPS) is 32.2. The zero-order valence-electron chi connectivity index (χ0n) is 15.2.